The average Bonchev–Trinajstić information content (AvgIpc) is 3.29. The van der Waals surface area contributed by atoms with Gasteiger partial charge in [0.05, 0.1) is 38.6 Å². The number of ether oxygens (including phenoxy) is 2. The van der Waals surface area contributed by atoms with Crippen molar-refractivity contribution in [3.63, 3.8) is 0 Å². The fraction of sp³-hybridized carbons (Fsp3) is 0.194. The third-order valence-electron chi connectivity index (χ3n) is 6.45. The molecule has 1 aliphatic heterocycles. The Morgan fingerprint density at radius 1 is 1.12 bits per heavy atom. The maximum atomic E-state index is 14.1. The van der Waals surface area contributed by atoms with E-state index in [-0.39, 0.29) is 17.9 Å². The highest BCUT2D eigenvalue weighted by Crippen LogP contribution is 2.36. The Kier molecular flexibility index (Phi) is 9.00. The van der Waals surface area contributed by atoms with E-state index in [1.54, 1.807) is 41.5 Å². The SMILES string of the molecule is CCOC(=O)C1=C(c2ccccc2)N=c2s/c(=C\c3cc(I)c(O)c(OCC)c3)c(=O)n2[C@H]1c1ccc(SC)cc1. The van der Waals surface area contributed by atoms with Crippen LogP contribution in [-0.4, -0.2) is 35.1 Å². The molecule has 10 heteroatoms. The number of nitrogens with zero attached hydrogens (tertiary/aromatic N) is 2. The van der Waals surface area contributed by atoms with Gasteiger partial charge in [-0.3, -0.25) is 9.36 Å². The van der Waals surface area contributed by atoms with Gasteiger partial charge in [-0.05, 0) is 84.2 Å². The number of aromatic hydroxyl groups is 1. The van der Waals surface area contributed by atoms with E-state index in [0.29, 0.717) is 42.1 Å². The van der Waals surface area contributed by atoms with Crippen molar-refractivity contribution >= 4 is 63.4 Å². The summed E-state index contributed by atoms with van der Waals surface area (Å²) >= 11 is 4.90. The van der Waals surface area contributed by atoms with E-state index < -0.39 is 12.0 Å². The van der Waals surface area contributed by atoms with Crippen LogP contribution in [0.15, 0.2) is 87.0 Å². The second kappa shape index (κ2) is 12.7. The lowest BCUT2D eigenvalue weighted by Gasteiger charge is -2.26. The number of esters is 1. The molecule has 5 rings (SSSR count). The third-order valence-corrected chi connectivity index (χ3v) is 9.00. The lowest BCUT2D eigenvalue weighted by Crippen LogP contribution is -2.40. The van der Waals surface area contributed by atoms with Crippen molar-refractivity contribution in [2.45, 2.75) is 24.8 Å². The van der Waals surface area contributed by atoms with E-state index >= 15 is 0 Å². The van der Waals surface area contributed by atoms with Crippen LogP contribution in [0.2, 0.25) is 0 Å². The van der Waals surface area contributed by atoms with Crippen molar-refractivity contribution in [3.05, 3.63) is 112 Å². The maximum absolute atomic E-state index is 14.1. The molecule has 1 aromatic heterocycles. The number of thioether (sulfide) groups is 1. The van der Waals surface area contributed by atoms with Crippen molar-refractivity contribution in [1.82, 2.24) is 4.57 Å². The van der Waals surface area contributed by atoms with Crippen molar-refractivity contribution in [2.24, 2.45) is 4.99 Å². The molecular weight excluding hydrogens is 671 g/mol. The minimum Gasteiger partial charge on any atom is -0.504 e. The summed E-state index contributed by atoms with van der Waals surface area (Å²) in [6.07, 6.45) is 3.76. The summed E-state index contributed by atoms with van der Waals surface area (Å²) in [7, 11) is 0. The summed E-state index contributed by atoms with van der Waals surface area (Å²) in [5, 5.41) is 10.4. The van der Waals surface area contributed by atoms with E-state index in [1.165, 1.54) is 11.3 Å². The van der Waals surface area contributed by atoms with Crippen LogP contribution in [0.3, 0.4) is 0 Å². The van der Waals surface area contributed by atoms with Crippen molar-refractivity contribution < 1.29 is 19.4 Å². The number of hydrogen-bond donors (Lipinski definition) is 1. The molecule has 4 aromatic rings. The Labute approximate surface area is 259 Å². The van der Waals surface area contributed by atoms with Crippen LogP contribution < -0.4 is 19.6 Å². The average molecular weight is 699 g/mol. The molecule has 0 saturated carbocycles. The lowest BCUT2D eigenvalue weighted by atomic mass is 9.93. The van der Waals surface area contributed by atoms with Gasteiger partial charge in [0.1, 0.15) is 0 Å². The molecule has 0 radical (unpaired) electrons. The number of aromatic nitrogens is 1. The van der Waals surface area contributed by atoms with Crippen molar-refractivity contribution in [1.29, 1.82) is 0 Å². The molecule has 3 aromatic carbocycles. The Morgan fingerprint density at radius 3 is 2.51 bits per heavy atom. The predicted molar refractivity (Wildman–Crippen MR) is 171 cm³/mol. The zero-order chi connectivity index (χ0) is 29.1. The molecule has 7 nitrogen and oxygen atoms in total. The van der Waals surface area contributed by atoms with Gasteiger partial charge in [0.25, 0.3) is 5.56 Å². The van der Waals surface area contributed by atoms with Crippen LogP contribution in [0.5, 0.6) is 11.5 Å². The zero-order valence-electron chi connectivity index (χ0n) is 22.6. The molecule has 41 heavy (non-hydrogen) atoms. The molecule has 0 bridgehead atoms. The standard InChI is InChI=1S/C31H27IN2O5S2/c1-4-38-23-16-18(15-22(32)28(23)35)17-24-29(36)34-27(20-11-13-21(40-3)14-12-20)25(30(37)39-5-2)26(33-31(34)41-24)19-9-7-6-8-10-19/h6-17,27,35H,4-5H2,1-3H3/b24-17-/t27-/m0/s1. The highest BCUT2D eigenvalue weighted by Gasteiger charge is 2.35. The Hall–Kier alpha value is -3.35. The predicted octanol–water partition coefficient (Wildman–Crippen LogP) is 5.37. The number of fused-ring (bicyclic) bond motifs is 1. The van der Waals surface area contributed by atoms with Gasteiger partial charge in [-0.25, -0.2) is 9.79 Å². The quantitative estimate of drug-likeness (QED) is 0.151. The van der Waals surface area contributed by atoms with E-state index in [4.69, 9.17) is 14.5 Å². The molecule has 2 heterocycles. The Balaban J connectivity index is 1.80. The third kappa shape index (κ3) is 5.86. The van der Waals surface area contributed by atoms with Crippen LogP contribution in [-0.2, 0) is 9.53 Å². The van der Waals surface area contributed by atoms with Gasteiger partial charge < -0.3 is 14.6 Å². The number of rotatable bonds is 8. The first-order valence-electron chi connectivity index (χ1n) is 12.9. The van der Waals surface area contributed by atoms with Gasteiger partial charge in [-0.1, -0.05) is 53.8 Å². The molecule has 0 saturated heterocycles. The summed E-state index contributed by atoms with van der Waals surface area (Å²) in [5.74, 6) is -0.106. The number of benzene rings is 3. The highest BCUT2D eigenvalue weighted by atomic mass is 127. The second-order valence-corrected chi connectivity index (χ2v) is 12.0. The maximum Gasteiger partial charge on any atom is 0.338 e. The molecule has 1 aliphatic rings. The van der Waals surface area contributed by atoms with Crippen LogP contribution in [0.4, 0.5) is 0 Å². The molecule has 1 atom stereocenters. The van der Waals surface area contributed by atoms with Crippen LogP contribution in [0.1, 0.15) is 36.6 Å². The van der Waals surface area contributed by atoms with Gasteiger partial charge in [0.2, 0.25) is 0 Å². The smallest absolute Gasteiger partial charge is 0.338 e. The van der Waals surface area contributed by atoms with Gasteiger partial charge in [0.15, 0.2) is 16.3 Å². The Morgan fingerprint density at radius 2 is 1.85 bits per heavy atom. The molecular formula is C31H27IN2O5S2. The van der Waals surface area contributed by atoms with Crippen LogP contribution >= 0.6 is 45.7 Å². The van der Waals surface area contributed by atoms with E-state index in [9.17, 15) is 14.7 Å². The first kappa shape index (κ1) is 29.2. The summed E-state index contributed by atoms with van der Waals surface area (Å²) in [6.45, 7) is 4.18. The molecule has 0 aliphatic carbocycles. The summed E-state index contributed by atoms with van der Waals surface area (Å²) in [6, 6.07) is 20.1. The largest absolute Gasteiger partial charge is 0.504 e. The van der Waals surface area contributed by atoms with Gasteiger partial charge in [0, 0.05) is 10.5 Å². The number of phenolic OH excluding ortho intramolecular Hbond substituents is 1. The van der Waals surface area contributed by atoms with E-state index in [0.717, 1.165) is 16.0 Å². The first-order chi connectivity index (χ1) is 19.9. The first-order valence-corrected chi connectivity index (χ1v) is 16.1. The van der Waals surface area contributed by atoms with E-state index in [1.807, 2.05) is 90.4 Å². The summed E-state index contributed by atoms with van der Waals surface area (Å²) in [5.41, 5.74) is 2.76. The number of thiazole rings is 1. The molecule has 0 unspecified atom stereocenters. The fourth-order valence-corrected chi connectivity index (χ4v) is 6.67. The topological polar surface area (TPSA) is 90.1 Å². The molecule has 0 fully saturated rings. The van der Waals surface area contributed by atoms with Crippen molar-refractivity contribution in [3.8, 4) is 11.5 Å². The number of phenols is 1. The number of carbonyl (C=O) groups is 1. The minimum atomic E-state index is -0.738. The minimum absolute atomic E-state index is 0.0614. The summed E-state index contributed by atoms with van der Waals surface area (Å²) < 4.78 is 13.8. The highest BCUT2D eigenvalue weighted by molar-refractivity contribution is 14.1. The van der Waals surface area contributed by atoms with Gasteiger partial charge >= 0.3 is 5.97 Å². The fourth-order valence-electron chi connectivity index (χ4n) is 4.64. The molecule has 0 amide bonds. The Bertz CT molecular complexity index is 1810. The second-order valence-electron chi connectivity index (χ2n) is 8.99. The summed E-state index contributed by atoms with van der Waals surface area (Å²) in [4.78, 5) is 34.1. The van der Waals surface area contributed by atoms with Crippen molar-refractivity contribution in [2.75, 3.05) is 19.5 Å². The van der Waals surface area contributed by atoms with E-state index in [2.05, 4.69) is 0 Å². The lowest BCUT2D eigenvalue weighted by molar-refractivity contribution is -0.138. The van der Waals surface area contributed by atoms with Crippen LogP contribution in [0.25, 0.3) is 11.8 Å². The number of carbonyl (C=O) groups excluding carboxylic acids is 1. The zero-order valence-corrected chi connectivity index (χ0v) is 26.4. The monoisotopic (exact) mass is 698 g/mol. The molecule has 0 spiro atoms. The number of hydrogen-bond acceptors (Lipinski definition) is 8. The van der Waals surface area contributed by atoms with Gasteiger partial charge in [-0.15, -0.1) is 11.8 Å². The normalized spacial score (nSPS) is 14.9. The van der Waals surface area contributed by atoms with Crippen LogP contribution in [0, 0.1) is 3.57 Å². The molecule has 1 N–H and O–H groups in total. The van der Waals surface area contributed by atoms with Gasteiger partial charge in [-0.2, -0.15) is 0 Å². The number of halogens is 1. The molecule has 210 valence electrons.